The van der Waals surface area contributed by atoms with Crippen LogP contribution in [0.4, 0.5) is 0 Å². The normalized spacial score (nSPS) is 15.3. The SMILES string of the molecule is Cc1ccc(C(=O)CN(CC2CC2)C(C)C)cc1C. The summed E-state index contributed by atoms with van der Waals surface area (Å²) < 4.78 is 0. The van der Waals surface area contributed by atoms with Gasteiger partial charge in [-0.15, -0.1) is 0 Å². The summed E-state index contributed by atoms with van der Waals surface area (Å²) in [5.41, 5.74) is 3.30. The molecule has 0 atom stereocenters. The van der Waals surface area contributed by atoms with Crippen molar-refractivity contribution in [1.29, 1.82) is 0 Å². The first-order chi connectivity index (χ1) is 8.97. The monoisotopic (exact) mass is 259 g/mol. The van der Waals surface area contributed by atoms with E-state index in [9.17, 15) is 4.79 Å². The molecule has 0 radical (unpaired) electrons. The number of ketones is 1. The van der Waals surface area contributed by atoms with E-state index in [1.165, 1.54) is 24.0 Å². The third-order valence-corrected chi connectivity index (χ3v) is 4.10. The highest BCUT2D eigenvalue weighted by atomic mass is 16.1. The van der Waals surface area contributed by atoms with E-state index in [1.807, 2.05) is 18.2 Å². The zero-order valence-electron chi connectivity index (χ0n) is 12.6. The van der Waals surface area contributed by atoms with Crippen LogP contribution in [0.15, 0.2) is 18.2 Å². The van der Waals surface area contributed by atoms with Crippen LogP contribution in [0, 0.1) is 19.8 Å². The molecule has 0 N–H and O–H groups in total. The van der Waals surface area contributed by atoms with Gasteiger partial charge in [0.2, 0.25) is 0 Å². The predicted octanol–water partition coefficient (Wildman–Crippen LogP) is 3.61. The van der Waals surface area contributed by atoms with E-state index < -0.39 is 0 Å². The minimum absolute atomic E-state index is 0.248. The van der Waals surface area contributed by atoms with Crippen LogP contribution >= 0.6 is 0 Å². The first-order valence-corrected chi connectivity index (χ1v) is 7.32. The van der Waals surface area contributed by atoms with E-state index >= 15 is 0 Å². The van der Waals surface area contributed by atoms with Crippen molar-refractivity contribution in [2.75, 3.05) is 13.1 Å². The Morgan fingerprint density at radius 1 is 1.26 bits per heavy atom. The molecule has 0 unspecified atom stereocenters. The third-order valence-electron chi connectivity index (χ3n) is 4.10. The van der Waals surface area contributed by atoms with E-state index in [1.54, 1.807) is 0 Å². The molecule has 2 heteroatoms. The highest BCUT2D eigenvalue weighted by molar-refractivity contribution is 5.97. The van der Waals surface area contributed by atoms with E-state index in [0.29, 0.717) is 12.6 Å². The van der Waals surface area contributed by atoms with Crippen molar-refractivity contribution in [3.63, 3.8) is 0 Å². The van der Waals surface area contributed by atoms with Crippen LogP contribution in [0.25, 0.3) is 0 Å². The number of nitrogens with zero attached hydrogens (tertiary/aromatic N) is 1. The Morgan fingerprint density at radius 2 is 1.95 bits per heavy atom. The molecule has 1 fully saturated rings. The maximum atomic E-state index is 12.4. The molecule has 1 aliphatic rings. The summed E-state index contributed by atoms with van der Waals surface area (Å²) in [4.78, 5) is 14.7. The Labute approximate surface area is 116 Å². The molecule has 0 aliphatic heterocycles. The minimum Gasteiger partial charge on any atom is -0.293 e. The first-order valence-electron chi connectivity index (χ1n) is 7.32. The summed E-state index contributed by atoms with van der Waals surface area (Å²) in [6, 6.07) is 6.47. The number of rotatable bonds is 6. The Kier molecular flexibility index (Phi) is 4.41. The van der Waals surface area contributed by atoms with Gasteiger partial charge in [0.05, 0.1) is 6.54 Å². The summed E-state index contributed by atoms with van der Waals surface area (Å²) in [7, 11) is 0. The number of hydrogen-bond donors (Lipinski definition) is 0. The molecule has 0 saturated heterocycles. The van der Waals surface area contributed by atoms with Gasteiger partial charge < -0.3 is 0 Å². The highest BCUT2D eigenvalue weighted by Crippen LogP contribution is 2.30. The molecule has 0 heterocycles. The molecule has 0 bridgehead atoms. The molecule has 2 rings (SSSR count). The number of benzene rings is 1. The second-order valence-corrected chi connectivity index (χ2v) is 6.19. The van der Waals surface area contributed by atoms with Crippen molar-refractivity contribution in [3.8, 4) is 0 Å². The van der Waals surface area contributed by atoms with Crippen molar-refractivity contribution < 1.29 is 4.79 Å². The summed E-state index contributed by atoms with van der Waals surface area (Å²) in [6.07, 6.45) is 2.67. The van der Waals surface area contributed by atoms with Crippen LogP contribution in [0.5, 0.6) is 0 Å². The van der Waals surface area contributed by atoms with Gasteiger partial charge in [0, 0.05) is 18.2 Å². The van der Waals surface area contributed by atoms with E-state index in [2.05, 4.69) is 32.6 Å². The van der Waals surface area contributed by atoms with Crippen LogP contribution in [0.2, 0.25) is 0 Å². The lowest BCUT2D eigenvalue weighted by Crippen LogP contribution is -2.37. The lowest BCUT2D eigenvalue weighted by atomic mass is 10.0. The average molecular weight is 259 g/mol. The van der Waals surface area contributed by atoms with Gasteiger partial charge in [-0.2, -0.15) is 0 Å². The van der Waals surface area contributed by atoms with Gasteiger partial charge in [0.1, 0.15) is 0 Å². The Balaban J connectivity index is 2.02. The van der Waals surface area contributed by atoms with Gasteiger partial charge in [-0.3, -0.25) is 9.69 Å². The minimum atomic E-state index is 0.248. The second kappa shape index (κ2) is 5.87. The molecule has 1 aromatic carbocycles. The van der Waals surface area contributed by atoms with Crippen molar-refractivity contribution >= 4 is 5.78 Å². The Morgan fingerprint density at radius 3 is 2.47 bits per heavy atom. The molecule has 1 aliphatic carbocycles. The summed E-state index contributed by atoms with van der Waals surface area (Å²) in [5, 5.41) is 0. The van der Waals surface area contributed by atoms with Crippen LogP contribution in [-0.2, 0) is 0 Å². The largest absolute Gasteiger partial charge is 0.293 e. The fraction of sp³-hybridized carbons (Fsp3) is 0.588. The van der Waals surface area contributed by atoms with Crippen LogP contribution in [0.1, 0.15) is 48.2 Å². The molecule has 104 valence electrons. The summed E-state index contributed by atoms with van der Waals surface area (Å²) >= 11 is 0. The van der Waals surface area contributed by atoms with Gasteiger partial charge in [0.15, 0.2) is 5.78 Å². The van der Waals surface area contributed by atoms with Crippen molar-refractivity contribution in [2.24, 2.45) is 5.92 Å². The first kappa shape index (κ1) is 14.3. The fourth-order valence-electron chi connectivity index (χ4n) is 2.28. The van der Waals surface area contributed by atoms with E-state index in [4.69, 9.17) is 0 Å². The van der Waals surface area contributed by atoms with E-state index in [-0.39, 0.29) is 5.78 Å². The lowest BCUT2D eigenvalue weighted by Gasteiger charge is -2.25. The zero-order chi connectivity index (χ0) is 14.0. The van der Waals surface area contributed by atoms with E-state index in [0.717, 1.165) is 18.0 Å². The number of Topliss-reactive ketones (excluding diaryl/α,β-unsaturated/α-hetero) is 1. The number of carbonyl (C=O) groups excluding carboxylic acids is 1. The maximum absolute atomic E-state index is 12.4. The Hall–Kier alpha value is -1.15. The average Bonchev–Trinajstić information content (AvgIpc) is 3.15. The molecule has 0 aromatic heterocycles. The quantitative estimate of drug-likeness (QED) is 0.727. The van der Waals surface area contributed by atoms with Crippen molar-refractivity contribution in [3.05, 3.63) is 34.9 Å². The maximum Gasteiger partial charge on any atom is 0.176 e. The molecular formula is C17H25NO. The smallest absolute Gasteiger partial charge is 0.176 e. The Bertz CT molecular complexity index is 460. The van der Waals surface area contributed by atoms with Crippen LogP contribution < -0.4 is 0 Å². The number of aryl methyl sites for hydroxylation is 2. The van der Waals surface area contributed by atoms with Gasteiger partial charge in [-0.25, -0.2) is 0 Å². The number of hydrogen-bond acceptors (Lipinski definition) is 2. The number of carbonyl (C=O) groups is 1. The summed E-state index contributed by atoms with van der Waals surface area (Å²) in [5.74, 6) is 1.08. The molecular weight excluding hydrogens is 234 g/mol. The zero-order valence-corrected chi connectivity index (χ0v) is 12.6. The van der Waals surface area contributed by atoms with Gasteiger partial charge in [-0.1, -0.05) is 12.1 Å². The highest BCUT2D eigenvalue weighted by Gasteiger charge is 2.26. The topological polar surface area (TPSA) is 20.3 Å². The summed E-state index contributed by atoms with van der Waals surface area (Å²) in [6.45, 7) is 10.1. The van der Waals surface area contributed by atoms with Crippen LogP contribution in [0.3, 0.4) is 0 Å². The predicted molar refractivity (Wildman–Crippen MR) is 79.7 cm³/mol. The van der Waals surface area contributed by atoms with Gasteiger partial charge >= 0.3 is 0 Å². The molecule has 2 nitrogen and oxygen atoms in total. The lowest BCUT2D eigenvalue weighted by molar-refractivity contribution is 0.0900. The van der Waals surface area contributed by atoms with Crippen molar-refractivity contribution in [2.45, 2.75) is 46.6 Å². The molecule has 0 spiro atoms. The van der Waals surface area contributed by atoms with Gasteiger partial charge in [0.25, 0.3) is 0 Å². The molecule has 1 saturated carbocycles. The van der Waals surface area contributed by atoms with Crippen LogP contribution in [-0.4, -0.2) is 29.8 Å². The second-order valence-electron chi connectivity index (χ2n) is 6.19. The molecule has 0 amide bonds. The third kappa shape index (κ3) is 3.90. The standard InChI is InChI=1S/C17H25NO/c1-12(2)18(10-15-6-7-15)11-17(19)16-8-5-13(3)14(4)9-16/h5,8-9,12,15H,6-7,10-11H2,1-4H3. The molecule has 19 heavy (non-hydrogen) atoms. The molecule has 1 aromatic rings. The van der Waals surface area contributed by atoms with Crippen molar-refractivity contribution in [1.82, 2.24) is 4.90 Å². The fourth-order valence-corrected chi connectivity index (χ4v) is 2.28. The van der Waals surface area contributed by atoms with Gasteiger partial charge in [-0.05, 0) is 63.6 Å².